The van der Waals surface area contributed by atoms with Crippen LogP contribution in [0.5, 0.6) is 0 Å². The minimum Gasteiger partial charge on any atom is -0.352 e. The van der Waals surface area contributed by atoms with Crippen LogP contribution in [0, 0.1) is 0 Å². The number of nitrogens with zero attached hydrogens (tertiary/aromatic N) is 2. The van der Waals surface area contributed by atoms with E-state index in [1.807, 2.05) is 4.90 Å². The van der Waals surface area contributed by atoms with Gasteiger partial charge < -0.3 is 10.2 Å². The molecule has 0 radical (unpaired) electrons. The maximum absolute atomic E-state index is 12.8. The van der Waals surface area contributed by atoms with Crippen LogP contribution in [-0.4, -0.2) is 30.2 Å². The van der Waals surface area contributed by atoms with Gasteiger partial charge in [0.15, 0.2) is 0 Å². The van der Waals surface area contributed by atoms with Crippen molar-refractivity contribution in [3.63, 3.8) is 0 Å². The van der Waals surface area contributed by atoms with E-state index in [0.29, 0.717) is 17.9 Å². The molecule has 2 fully saturated rings. The van der Waals surface area contributed by atoms with E-state index < -0.39 is 11.7 Å². The summed E-state index contributed by atoms with van der Waals surface area (Å²) in [6.07, 6.45) is 1.27. The Morgan fingerprint density at radius 1 is 1.30 bits per heavy atom. The molecule has 1 N–H and O–H groups in total. The van der Waals surface area contributed by atoms with Crippen LogP contribution in [0.3, 0.4) is 0 Å². The van der Waals surface area contributed by atoms with Gasteiger partial charge in [-0.05, 0) is 44.4 Å². The summed E-state index contributed by atoms with van der Waals surface area (Å²) in [4.78, 5) is 6.19. The predicted molar refractivity (Wildman–Crippen MR) is 70.6 cm³/mol. The number of hydrogen-bond donors (Lipinski definition) is 1. The molecule has 0 aromatic carbocycles. The third-order valence-corrected chi connectivity index (χ3v) is 3.93. The molecule has 1 saturated carbocycles. The van der Waals surface area contributed by atoms with Gasteiger partial charge in [0.05, 0.1) is 5.56 Å². The summed E-state index contributed by atoms with van der Waals surface area (Å²) in [5.41, 5.74) is -0.618. The highest BCUT2D eigenvalue weighted by molar-refractivity contribution is 5.44. The van der Waals surface area contributed by atoms with Gasteiger partial charge in [-0.1, -0.05) is 0 Å². The van der Waals surface area contributed by atoms with E-state index in [-0.39, 0.29) is 0 Å². The lowest BCUT2D eigenvalue weighted by molar-refractivity contribution is -0.137. The van der Waals surface area contributed by atoms with E-state index in [2.05, 4.69) is 10.3 Å². The Labute approximate surface area is 116 Å². The molecule has 1 aromatic rings. The molecular formula is C14H18F3N3. The number of rotatable bonds is 4. The first-order chi connectivity index (χ1) is 9.54. The summed E-state index contributed by atoms with van der Waals surface area (Å²) in [5.74, 6) is 0.455. The number of pyridine rings is 1. The lowest BCUT2D eigenvalue weighted by Gasteiger charge is -2.27. The van der Waals surface area contributed by atoms with Crippen LogP contribution >= 0.6 is 0 Å². The van der Waals surface area contributed by atoms with Crippen LogP contribution in [-0.2, 0) is 6.18 Å². The monoisotopic (exact) mass is 285 g/mol. The highest BCUT2D eigenvalue weighted by atomic mass is 19.4. The molecule has 1 aromatic heterocycles. The first-order valence-electron chi connectivity index (χ1n) is 7.07. The van der Waals surface area contributed by atoms with Crippen molar-refractivity contribution in [2.45, 2.75) is 43.9 Å². The third-order valence-electron chi connectivity index (χ3n) is 3.93. The molecular weight excluding hydrogens is 267 g/mol. The molecule has 1 saturated heterocycles. The topological polar surface area (TPSA) is 28.2 Å². The van der Waals surface area contributed by atoms with Crippen molar-refractivity contribution in [2.24, 2.45) is 0 Å². The highest BCUT2D eigenvalue weighted by Crippen LogP contribution is 2.35. The molecule has 2 aliphatic rings. The lowest BCUT2D eigenvalue weighted by Crippen LogP contribution is -2.39. The molecule has 0 amide bonds. The van der Waals surface area contributed by atoms with Gasteiger partial charge in [0.2, 0.25) is 0 Å². The fourth-order valence-electron chi connectivity index (χ4n) is 2.72. The van der Waals surface area contributed by atoms with E-state index in [9.17, 15) is 13.2 Å². The first-order valence-corrected chi connectivity index (χ1v) is 7.07. The number of aromatic nitrogens is 1. The normalized spacial score (nSPS) is 23.1. The Balaban J connectivity index is 1.80. The number of halogens is 3. The van der Waals surface area contributed by atoms with Crippen LogP contribution in [0.4, 0.5) is 19.0 Å². The third kappa shape index (κ3) is 3.06. The van der Waals surface area contributed by atoms with Crippen molar-refractivity contribution in [2.75, 3.05) is 18.0 Å². The number of hydrogen-bond acceptors (Lipinski definition) is 3. The largest absolute Gasteiger partial charge is 0.416 e. The Hall–Kier alpha value is -1.30. The van der Waals surface area contributed by atoms with Crippen LogP contribution < -0.4 is 10.2 Å². The van der Waals surface area contributed by atoms with Crippen LogP contribution in [0.25, 0.3) is 0 Å². The van der Waals surface area contributed by atoms with Crippen molar-refractivity contribution >= 4 is 5.82 Å². The molecule has 0 bridgehead atoms. The van der Waals surface area contributed by atoms with Crippen molar-refractivity contribution in [1.29, 1.82) is 0 Å². The average Bonchev–Trinajstić information content (AvgIpc) is 3.12. The first kappa shape index (κ1) is 13.7. The molecule has 2 heterocycles. The smallest absolute Gasteiger partial charge is 0.352 e. The van der Waals surface area contributed by atoms with E-state index in [4.69, 9.17) is 0 Å². The molecule has 1 unspecified atom stereocenters. The quantitative estimate of drug-likeness (QED) is 0.922. The van der Waals surface area contributed by atoms with Crippen molar-refractivity contribution < 1.29 is 13.2 Å². The van der Waals surface area contributed by atoms with Gasteiger partial charge in [0.1, 0.15) is 5.82 Å². The van der Waals surface area contributed by atoms with Gasteiger partial charge in [0, 0.05) is 24.8 Å². The zero-order valence-electron chi connectivity index (χ0n) is 11.2. The number of nitrogens with one attached hydrogen (secondary N) is 1. The summed E-state index contributed by atoms with van der Waals surface area (Å²) >= 11 is 0. The van der Waals surface area contributed by atoms with E-state index >= 15 is 0 Å². The summed E-state index contributed by atoms with van der Waals surface area (Å²) in [6, 6.07) is 2.93. The summed E-state index contributed by atoms with van der Waals surface area (Å²) in [6.45, 7) is 1.75. The van der Waals surface area contributed by atoms with Gasteiger partial charge in [-0.3, -0.25) is 0 Å². The molecule has 1 atom stereocenters. The Morgan fingerprint density at radius 3 is 2.70 bits per heavy atom. The van der Waals surface area contributed by atoms with Crippen LogP contribution in [0.15, 0.2) is 18.3 Å². The zero-order chi connectivity index (χ0) is 14.2. The Morgan fingerprint density at radius 2 is 2.10 bits per heavy atom. The second-order valence-corrected chi connectivity index (χ2v) is 5.58. The summed E-state index contributed by atoms with van der Waals surface area (Å²) in [7, 11) is 0. The molecule has 3 nitrogen and oxygen atoms in total. The van der Waals surface area contributed by atoms with Gasteiger partial charge in [-0.25, -0.2) is 4.98 Å². The van der Waals surface area contributed by atoms with Gasteiger partial charge >= 0.3 is 6.18 Å². The van der Waals surface area contributed by atoms with Gasteiger partial charge in [0.25, 0.3) is 0 Å². The lowest BCUT2D eigenvalue weighted by atomic mass is 10.2. The van der Waals surface area contributed by atoms with Crippen molar-refractivity contribution in [3.05, 3.63) is 23.9 Å². The Kier molecular flexibility index (Phi) is 3.58. The molecule has 20 heavy (non-hydrogen) atoms. The minimum atomic E-state index is -4.31. The summed E-state index contributed by atoms with van der Waals surface area (Å²) < 4.78 is 38.4. The van der Waals surface area contributed by atoms with E-state index in [0.717, 1.165) is 44.8 Å². The number of alkyl halides is 3. The van der Waals surface area contributed by atoms with E-state index in [1.165, 1.54) is 12.3 Å². The van der Waals surface area contributed by atoms with Gasteiger partial charge in [-0.2, -0.15) is 13.2 Å². The van der Waals surface area contributed by atoms with Crippen LogP contribution in [0.1, 0.15) is 31.2 Å². The second-order valence-electron chi connectivity index (χ2n) is 5.58. The van der Waals surface area contributed by atoms with Gasteiger partial charge in [-0.15, -0.1) is 0 Å². The standard InChI is InChI=1S/C14H18F3N3/c15-14(16,17)10-5-7-19-13(8-10)20(12-3-4-12)9-11-2-1-6-18-11/h5,7-8,11-12,18H,1-4,6,9H2. The van der Waals surface area contributed by atoms with Crippen molar-refractivity contribution in [1.82, 2.24) is 10.3 Å². The predicted octanol–water partition coefficient (Wildman–Crippen LogP) is 2.82. The summed E-state index contributed by atoms with van der Waals surface area (Å²) in [5, 5.41) is 3.39. The molecule has 1 aliphatic carbocycles. The second kappa shape index (κ2) is 5.24. The molecule has 3 rings (SSSR count). The Bertz CT molecular complexity index is 465. The minimum absolute atomic E-state index is 0.355. The fourth-order valence-corrected chi connectivity index (χ4v) is 2.72. The average molecular weight is 285 g/mol. The molecule has 0 spiro atoms. The highest BCUT2D eigenvalue weighted by Gasteiger charge is 2.35. The van der Waals surface area contributed by atoms with E-state index in [1.54, 1.807) is 0 Å². The maximum Gasteiger partial charge on any atom is 0.416 e. The molecule has 1 aliphatic heterocycles. The van der Waals surface area contributed by atoms with Crippen LogP contribution in [0.2, 0.25) is 0 Å². The van der Waals surface area contributed by atoms with Crippen molar-refractivity contribution in [3.8, 4) is 0 Å². The molecule has 110 valence electrons. The fraction of sp³-hybridized carbons (Fsp3) is 0.643. The maximum atomic E-state index is 12.8. The SMILES string of the molecule is FC(F)(F)c1ccnc(N(CC2CCCN2)C2CC2)c1. The molecule has 6 heteroatoms. The number of anilines is 1. The zero-order valence-corrected chi connectivity index (χ0v) is 11.2.